The first-order valence-corrected chi connectivity index (χ1v) is 10.9. The maximum absolute atomic E-state index is 12.7. The van der Waals surface area contributed by atoms with Crippen molar-refractivity contribution >= 4 is 43.8 Å². The van der Waals surface area contributed by atoms with Crippen molar-refractivity contribution in [2.24, 2.45) is 0 Å². The summed E-state index contributed by atoms with van der Waals surface area (Å²) in [7, 11) is -1.19. The van der Waals surface area contributed by atoms with E-state index in [9.17, 15) is 23.3 Å². The van der Waals surface area contributed by atoms with Gasteiger partial charge in [0.2, 0.25) is 0 Å². The van der Waals surface area contributed by atoms with Gasteiger partial charge in [-0.25, -0.2) is 13.4 Å². The summed E-state index contributed by atoms with van der Waals surface area (Å²) in [5.41, 5.74) is -0.478. The first kappa shape index (κ1) is 22.0. The highest BCUT2D eigenvalue weighted by Crippen LogP contribution is 2.35. The van der Waals surface area contributed by atoms with Crippen molar-refractivity contribution < 1.29 is 27.6 Å². The fourth-order valence-electron chi connectivity index (χ4n) is 2.56. The van der Waals surface area contributed by atoms with Gasteiger partial charge in [0.15, 0.2) is 16.6 Å². The van der Waals surface area contributed by atoms with Gasteiger partial charge in [0.1, 0.15) is 5.56 Å². The number of hydrogen-bond donors (Lipinski definition) is 2. The van der Waals surface area contributed by atoms with Gasteiger partial charge in [-0.15, -0.1) is 11.3 Å². The second kappa shape index (κ2) is 8.97. The minimum absolute atomic E-state index is 0.0437. The van der Waals surface area contributed by atoms with Gasteiger partial charge in [0, 0.05) is 23.3 Å². The number of carbonyl (C=O) groups excluding carboxylic acids is 1. The van der Waals surface area contributed by atoms with Gasteiger partial charge in [0.25, 0.3) is 21.6 Å². The minimum atomic E-state index is -3.85. The Kier molecular flexibility index (Phi) is 6.36. The third-order valence-electron chi connectivity index (χ3n) is 4.02. The SMILES string of the molecule is COc1cc(C(=O)Nc2ccc(S(=O)(=O)Nc3nccs3)cc2)c([N+](=O)[O-])cc1OC. The number of amides is 1. The number of aromatic nitrogens is 1. The highest BCUT2D eigenvalue weighted by Gasteiger charge is 2.25. The molecule has 162 valence electrons. The van der Waals surface area contributed by atoms with Crippen LogP contribution in [0.4, 0.5) is 16.5 Å². The third-order valence-corrected chi connectivity index (χ3v) is 6.19. The molecule has 0 spiro atoms. The minimum Gasteiger partial charge on any atom is -0.493 e. The summed E-state index contributed by atoms with van der Waals surface area (Å²) >= 11 is 1.13. The monoisotopic (exact) mass is 464 g/mol. The second-order valence-corrected chi connectivity index (χ2v) is 8.48. The van der Waals surface area contributed by atoms with Gasteiger partial charge in [-0.1, -0.05) is 0 Å². The van der Waals surface area contributed by atoms with E-state index in [0.29, 0.717) is 0 Å². The number of benzene rings is 2. The Hall–Kier alpha value is -3.71. The van der Waals surface area contributed by atoms with Crippen molar-refractivity contribution in [3.8, 4) is 11.5 Å². The molecule has 3 rings (SSSR count). The van der Waals surface area contributed by atoms with E-state index in [2.05, 4.69) is 15.0 Å². The fourth-order valence-corrected chi connectivity index (χ4v) is 4.35. The van der Waals surface area contributed by atoms with Crippen LogP contribution < -0.4 is 19.5 Å². The molecule has 31 heavy (non-hydrogen) atoms. The molecule has 0 radical (unpaired) electrons. The molecule has 0 saturated carbocycles. The van der Waals surface area contributed by atoms with Gasteiger partial charge < -0.3 is 14.8 Å². The molecule has 1 aromatic heterocycles. The number of carbonyl (C=O) groups is 1. The summed E-state index contributed by atoms with van der Waals surface area (Å²) in [4.78, 5) is 27.1. The van der Waals surface area contributed by atoms with Crippen molar-refractivity contribution in [1.82, 2.24) is 4.98 Å². The van der Waals surface area contributed by atoms with Crippen LogP contribution in [-0.2, 0) is 10.0 Å². The van der Waals surface area contributed by atoms with Crippen LogP contribution in [0.25, 0.3) is 0 Å². The molecule has 13 heteroatoms. The fraction of sp³-hybridized carbons (Fsp3) is 0.111. The van der Waals surface area contributed by atoms with E-state index in [1.54, 1.807) is 5.38 Å². The second-order valence-electron chi connectivity index (χ2n) is 5.90. The molecule has 2 N–H and O–H groups in total. The van der Waals surface area contributed by atoms with E-state index in [-0.39, 0.29) is 32.8 Å². The van der Waals surface area contributed by atoms with E-state index >= 15 is 0 Å². The number of nitrogens with one attached hydrogen (secondary N) is 2. The molecule has 0 aliphatic heterocycles. The van der Waals surface area contributed by atoms with Crippen molar-refractivity contribution in [2.45, 2.75) is 4.90 Å². The largest absolute Gasteiger partial charge is 0.493 e. The highest BCUT2D eigenvalue weighted by molar-refractivity contribution is 7.93. The molecule has 3 aromatic rings. The van der Waals surface area contributed by atoms with Crippen molar-refractivity contribution in [3.05, 3.63) is 63.7 Å². The van der Waals surface area contributed by atoms with Crippen molar-refractivity contribution in [3.63, 3.8) is 0 Å². The molecular weight excluding hydrogens is 448 g/mol. The molecule has 1 amide bonds. The van der Waals surface area contributed by atoms with Crippen molar-refractivity contribution in [1.29, 1.82) is 0 Å². The number of rotatable bonds is 8. The number of nitro benzene ring substituents is 1. The van der Waals surface area contributed by atoms with Crippen molar-refractivity contribution in [2.75, 3.05) is 24.3 Å². The van der Waals surface area contributed by atoms with E-state index in [0.717, 1.165) is 17.4 Å². The van der Waals surface area contributed by atoms with Crippen LogP contribution in [0.5, 0.6) is 11.5 Å². The standard InChI is InChI=1S/C18H16N4O7S2/c1-28-15-9-13(14(22(24)25)10-16(15)29-2)17(23)20-11-3-5-12(6-4-11)31(26,27)21-18-19-7-8-30-18/h3-10H,1-2H3,(H,19,21)(H,20,23). The molecule has 0 unspecified atom stereocenters. The number of sulfonamides is 1. The quantitative estimate of drug-likeness (QED) is 0.381. The summed E-state index contributed by atoms with van der Waals surface area (Å²) in [6.07, 6.45) is 1.47. The maximum atomic E-state index is 12.7. The Bertz CT molecular complexity index is 1210. The summed E-state index contributed by atoms with van der Waals surface area (Å²) < 4.78 is 37.2. The Labute approximate surface area is 180 Å². The van der Waals surface area contributed by atoms with E-state index in [4.69, 9.17) is 9.47 Å². The number of ether oxygens (including phenoxy) is 2. The number of nitrogens with zero attached hydrogens (tertiary/aromatic N) is 2. The summed E-state index contributed by atoms with van der Waals surface area (Å²) in [6, 6.07) is 7.59. The number of methoxy groups -OCH3 is 2. The lowest BCUT2D eigenvalue weighted by atomic mass is 10.1. The first-order valence-electron chi connectivity index (χ1n) is 8.49. The Morgan fingerprint density at radius 3 is 2.32 bits per heavy atom. The zero-order chi connectivity index (χ0) is 22.6. The molecule has 0 atom stereocenters. The van der Waals surface area contributed by atoms with Crippen LogP contribution in [-0.4, -0.2) is 38.5 Å². The molecule has 2 aromatic carbocycles. The van der Waals surface area contributed by atoms with Gasteiger partial charge >= 0.3 is 0 Å². The molecule has 11 nitrogen and oxygen atoms in total. The zero-order valence-electron chi connectivity index (χ0n) is 16.2. The predicted molar refractivity (Wildman–Crippen MR) is 114 cm³/mol. The van der Waals surface area contributed by atoms with E-state index < -0.39 is 26.5 Å². The number of thiazole rings is 1. The Morgan fingerprint density at radius 2 is 1.77 bits per heavy atom. The molecule has 0 fully saturated rings. The molecule has 0 aliphatic carbocycles. The Balaban J connectivity index is 1.83. The molecule has 0 aliphatic rings. The topological polar surface area (TPSA) is 150 Å². The van der Waals surface area contributed by atoms with Gasteiger partial charge in [-0.05, 0) is 24.3 Å². The number of anilines is 2. The lowest BCUT2D eigenvalue weighted by Gasteiger charge is -2.11. The van der Waals surface area contributed by atoms with Gasteiger partial charge in [-0.2, -0.15) is 0 Å². The summed E-state index contributed by atoms with van der Waals surface area (Å²) in [5.74, 6) is -0.523. The van der Waals surface area contributed by atoms with Crippen LogP contribution in [0.2, 0.25) is 0 Å². The van der Waals surface area contributed by atoms with Crippen LogP contribution in [0.1, 0.15) is 10.4 Å². The number of hydrogen-bond acceptors (Lipinski definition) is 9. The van der Waals surface area contributed by atoms with E-state index in [1.807, 2.05) is 0 Å². The molecular formula is C18H16N4O7S2. The van der Waals surface area contributed by atoms with Crippen LogP contribution in [0, 0.1) is 10.1 Å². The lowest BCUT2D eigenvalue weighted by Crippen LogP contribution is -2.15. The van der Waals surface area contributed by atoms with Crippen LogP contribution >= 0.6 is 11.3 Å². The molecule has 0 saturated heterocycles. The van der Waals surface area contributed by atoms with Crippen LogP contribution in [0.3, 0.4) is 0 Å². The van der Waals surface area contributed by atoms with Crippen LogP contribution in [0.15, 0.2) is 52.9 Å². The zero-order valence-corrected chi connectivity index (χ0v) is 17.8. The molecule has 0 bridgehead atoms. The summed E-state index contributed by atoms with van der Waals surface area (Å²) in [6.45, 7) is 0. The molecule has 1 heterocycles. The van der Waals surface area contributed by atoms with Gasteiger partial charge in [0.05, 0.1) is 30.1 Å². The first-order chi connectivity index (χ1) is 14.7. The van der Waals surface area contributed by atoms with E-state index in [1.165, 1.54) is 50.7 Å². The predicted octanol–water partition coefficient (Wildman–Crippen LogP) is 3.12. The van der Waals surface area contributed by atoms with Gasteiger partial charge in [-0.3, -0.25) is 19.6 Å². The summed E-state index contributed by atoms with van der Waals surface area (Å²) in [5, 5.41) is 15.7. The average molecular weight is 464 g/mol. The number of nitro groups is 1. The lowest BCUT2D eigenvalue weighted by molar-refractivity contribution is -0.385. The smallest absolute Gasteiger partial charge is 0.286 e. The normalized spacial score (nSPS) is 10.9. The Morgan fingerprint density at radius 1 is 1.13 bits per heavy atom. The third kappa shape index (κ3) is 4.90. The maximum Gasteiger partial charge on any atom is 0.286 e. The highest BCUT2D eigenvalue weighted by atomic mass is 32.2. The average Bonchev–Trinajstić information content (AvgIpc) is 3.25.